The molecule has 0 radical (unpaired) electrons. The van der Waals surface area contributed by atoms with E-state index in [4.69, 9.17) is 4.74 Å². The fourth-order valence-corrected chi connectivity index (χ4v) is 2.96. The fraction of sp³-hybridized carbons (Fsp3) is 0.467. The lowest BCUT2D eigenvalue weighted by Gasteiger charge is -2.12. The van der Waals surface area contributed by atoms with E-state index in [9.17, 15) is 0 Å². The number of benzene rings is 1. The summed E-state index contributed by atoms with van der Waals surface area (Å²) in [5.74, 6) is 0.856. The van der Waals surface area contributed by atoms with Crippen LogP contribution in [0.3, 0.4) is 0 Å². The molecule has 0 spiro atoms. The van der Waals surface area contributed by atoms with Gasteiger partial charge in [0.05, 0.1) is 13.2 Å². The lowest BCUT2D eigenvalue weighted by Crippen LogP contribution is -2.21. The van der Waals surface area contributed by atoms with E-state index in [2.05, 4.69) is 29.4 Å². The second-order valence-electron chi connectivity index (χ2n) is 4.59. The second kappa shape index (κ2) is 7.36. The number of hydrogen-bond acceptors (Lipinski definition) is 5. The number of methoxy groups -OCH3 is 1. The number of nitrogens with one attached hydrogen (secondary N) is 1. The molecule has 4 nitrogen and oxygen atoms in total. The van der Waals surface area contributed by atoms with Gasteiger partial charge < -0.3 is 10.1 Å². The third kappa shape index (κ3) is 3.55. The molecule has 20 heavy (non-hydrogen) atoms. The van der Waals surface area contributed by atoms with Crippen molar-refractivity contribution in [3.05, 3.63) is 29.3 Å². The number of ether oxygens (including phenoxy) is 1. The van der Waals surface area contributed by atoms with Crippen molar-refractivity contribution in [2.24, 2.45) is 0 Å². The maximum absolute atomic E-state index is 5.17. The van der Waals surface area contributed by atoms with Crippen LogP contribution in [0.1, 0.15) is 37.7 Å². The second-order valence-corrected chi connectivity index (χ2v) is 5.60. The van der Waals surface area contributed by atoms with Crippen LogP contribution >= 0.6 is 11.3 Å². The molecular weight excluding hydrogens is 270 g/mol. The first-order valence-electron chi connectivity index (χ1n) is 6.99. The van der Waals surface area contributed by atoms with E-state index in [0.717, 1.165) is 40.7 Å². The maximum atomic E-state index is 5.17. The molecule has 0 aliphatic heterocycles. The summed E-state index contributed by atoms with van der Waals surface area (Å²) >= 11 is 1.66. The molecular formula is C15H21N3OS. The third-order valence-electron chi connectivity index (χ3n) is 3.12. The Labute approximate surface area is 124 Å². The lowest BCUT2D eigenvalue weighted by atomic mass is 10.2. The van der Waals surface area contributed by atoms with E-state index < -0.39 is 0 Å². The van der Waals surface area contributed by atoms with Crippen LogP contribution in [0.4, 0.5) is 0 Å². The minimum atomic E-state index is 0.305. The first-order chi connectivity index (χ1) is 9.78. The minimum absolute atomic E-state index is 0.305. The molecule has 0 saturated carbocycles. The van der Waals surface area contributed by atoms with Gasteiger partial charge in [-0.2, -0.15) is 0 Å². The van der Waals surface area contributed by atoms with Crippen LogP contribution in [-0.4, -0.2) is 23.9 Å². The zero-order chi connectivity index (χ0) is 14.4. The molecule has 0 amide bonds. The number of nitrogens with zero attached hydrogens (tertiary/aromatic N) is 2. The van der Waals surface area contributed by atoms with Gasteiger partial charge in [0, 0.05) is 5.56 Å². The van der Waals surface area contributed by atoms with Crippen LogP contribution in [-0.2, 0) is 0 Å². The van der Waals surface area contributed by atoms with Crippen molar-refractivity contribution in [3.63, 3.8) is 0 Å². The van der Waals surface area contributed by atoms with Crippen molar-refractivity contribution in [3.8, 4) is 16.3 Å². The van der Waals surface area contributed by atoms with E-state index in [0.29, 0.717) is 6.04 Å². The third-order valence-corrected chi connectivity index (χ3v) is 4.21. The molecule has 1 N–H and O–H groups in total. The standard InChI is InChI=1S/C15H21N3OS/c1-4-10-16-13(5-2)15-18-17-14(20-15)11-6-8-12(19-3)9-7-11/h6-9,13,16H,4-5,10H2,1-3H3. The maximum Gasteiger partial charge on any atom is 0.147 e. The first kappa shape index (κ1) is 14.9. The van der Waals surface area contributed by atoms with Crippen molar-refractivity contribution in [1.82, 2.24) is 15.5 Å². The predicted octanol–water partition coefficient (Wildman–Crippen LogP) is 3.66. The van der Waals surface area contributed by atoms with Gasteiger partial charge in [-0.1, -0.05) is 25.2 Å². The van der Waals surface area contributed by atoms with Crippen LogP contribution in [0, 0.1) is 0 Å². The van der Waals surface area contributed by atoms with Crippen molar-refractivity contribution >= 4 is 11.3 Å². The Morgan fingerprint density at radius 1 is 1.20 bits per heavy atom. The summed E-state index contributed by atoms with van der Waals surface area (Å²) in [6.07, 6.45) is 2.15. The molecule has 1 aromatic heterocycles. The highest BCUT2D eigenvalue weighted by atomic mass is 32.1. The smallest absolute Gasteiger partial charge is 0.147 e. The van der Waals surface area contributed by atoms with Gasteiger partial charge in [-0.05, 0) is 43.7 Å². The highest BCUT2D eigenvalue weighted by Gasteiger charge is 2.15. The van der Waals surface area contributed by atoms with Gasteiger partial charge in [-0.15, -0.1) is 10.2 Å². The molecule has 108 valence electrons. The Morgan fingerprint density at radius 2 is 1.95 bits per heavy atom. The normalized spacial score (nSPS) is 12.3. The summed E-state index contributed by atoms with van der Waals surface area (Å²) in [6.45, 7) is 5.35. The monoisotopic (exact) mass is 291 g/mol. The average Bonchev–Trinajstić information content (AvgIpc) is 2.98. The molecule has 1 unspecified atom stereocenters. The van der Waals surface area contributed by atoms with Crippen molar-refractivity contribution in [2.75, 3.05) is 13.7 Å². The minimum Gasteiger partial charge on any atom is -0.497 e. The summed E-state index contributed by atoms with van der Waals surface area (Å²) in [7, 11) is 1.67. The van der Waals surface area contributed by atoms with Gasteiger partial charge in [0.15, 0.2) is 0 Å². The molecule has 0 fully saturated rings. The first-order valence-corrected chi connectivity index (χ1v) is 7.81. The topological polar surface area (TPSA) is 47.0 Å². The number of rotatable bonds is 7. The molecule has 1 aromatic carbocycles. The largest absolute Gasteiger partial charge is 0.497 e. The molecule has 2 rings (SSSR count). The lowest BCUT2D eigenvalue weighted by molar-refractivity contribution is 0.415. The van der Waals surface area contributed by atoms with Gasteiger partial charge >= 0.3 is 0 Å². The van der Waals surface area contributed by atoms with Crippen LogP contribution in [0.2, 0.25) is 0 Å². The van der Waals surface area contributed by atoms with Crippen molar-refractivity contribution < 1.29 is 4.74 Å². The number of aromatic nitrogens is 2. The van der Waals surface area contributed by atoms with Gasteiger partial charge in [0.25, 0.3) is 0 Å². The van der Waals surface area contributed by atoms with Crippen LogP contribution in [0.25, 0.3) is 10.6 Å². The quantitative estimate of drug-likeness (QED) is 0.845. The molecule has 0 aliphatic rings. The molecule has 5 heteroatoms. The van der Waals surface area contributed by atoms with E-state index in [-0.39, 0.29) is 0 Å². The van der Waals surface area contributed by atoms with Crippen LogP contribution in [0.15, 0.2) is 24.3 Å². The van der Waals surface area contributed by atoms with E-state index in [1.165, 1.54) is 0 Å². The summed E-state index contributed by atoms with van der Waals surface area (Å²) in [4.78, 5) is 0. The van der Waals surface area contributed by atoms with Gasteiger partial charge in [0.1, 0.15) is 15.8 Å². The summed E-state index contributed by atoms with van der Waals surface area (Å²) in [6, 6.07) is 8.23. The Hall–Kier alpha value is -1.46. The van der Waals surface area contributed by atoms with E-state index in [1.807, 2.05) is 24.3 Å². The van der Waals surface area contributed by atoms with E-state index in [1.54, 1.807) is 18.4 Å². The van der Waals surface area contributed by atoms with E-state index >= 15 is 0 Å². The Balaban J connectivity index is 2.14. The average molecular weight is 291 g/mol. The molecule has 1 heterocycles. The predicted molar refractivity (Wildman–Crippen MR) is 83.2 cm³/mol. The van der Waals surface area contributed by atoms with Crippen molar-refractivity contribution in [2.45, 2.75) is 32.7 Å². The Kier molecular flexibility index (Phi) is 5.49. The van der Waals surface area contributed by atoms with Gasteiger partial charge in [-0.3, -0.25) is 0 Å². The highest BCUT2D eigenvalue weighted by molar-refractivity contribution is 7.14. The summed E-state index contributed by atoms with van der Waals surface area (Å²) in [5.41, 5.74) is 1.08. The van der Waals surface area contributed by atoms with Crippen LogP contribution in [0.5, 0.6) is 5.75 Å². The molecule has 2 aromatic rings. The SMILES string of the molecule is CCCNC(CC)c1nnc(-c2ccc(OC)cc2)s1. The number of hydrogen-bond donors (Lipinski definition) is 1. The summed E-state index contributed by atoms with van der Waals surface area (Å²) in [5, 5.41) is 14.2. The Bertz CT molecular complexity index is 524. The molecule has 0 aliphatic carbocycles. The Morgan fingerprint density at radius 3 is 2.55 bits per heavy atom. The highest BCUT2D eigenvalue weighted by Crippen LogP contribution is 2.29. The van der Waals surface area contributed by atoms with Crippen LogP contribution < -0.4 is 10.1 Å². The summed E-state index contributed by atoms with van der Waals surface area (Å²) < 4.78 is 5.17. The van der Waals surface area contributed by atoms with Crippen molar-refractivity contribution in [1.29, 1.82) is 0 Å². The zero-order valence-electron chi connectivity index (χ0n) is 12.2. The molecule has 0 saturated heterocycles. The molecule has 0 bridgehead atoms. The zero-order valence-corrected chi connectivity index (χ0v) is 13.0. The van der Waals surface area contributed by atoms with Gasteiger partial charge in [0.2, 0.25) is 0 Å². The molecule has 1 atom stereocenters. The van der Waals surface area contributed by atoms with Gasteiger partial charge in [-0.25, -0.2) is 0 Å². The fourth-order valence-electron chi connectivity index (χ4n) is 1.95.